The van der Waals surface area contributed by atoms with Crippen molar-refractivity contribution >= 4 is 29.3 Å². The average Bonchev–Trinajstić information content (AvgIpc) is 2.58. The number of hydrogen-bond donors (Lipinski definition) is 1. The molecule has 1 atom stereocenters. The molecule has 0 amide bonds. The first-order chi connectivity index (χ1) is 12.0. The maximum atomic E-state index is 10.9. The Bertz CT molecular complexity index is 711. The molecule has 134 valence electrons. The van der Waals surface area contributed by atoms with Crippen LogP contribution in [0.15, 0.2) is 58.3 Å². The van der Waals surface area contributed by atoms with E-state index < -0.39 is 5.97 Å². The number of carboxylic acids is 1. The molecule has 2 rings (SSSR count). The van der Waals surface area contributed by atoms with E-state index in [9.17, 15) is 4.79 Å². The Morgan fingerprint density at radius 1 is 1.28 bits per heavy atom. The van der Waals surface area contributed by atoms with E-state index in [0.29, 0.717) is 18.2 Å². The smallest absolute Gasteiger partial charge is 0.317 e. The molecule has 0 saturated heterocycles. The lowest BCUT2D eigenvalue weighted by Gasteiger charge is -2.26. The van der Waals surface area contributed by atoms with Gasteiger partial charge in [-0.05, 0) is 43.8 Å². The summed E-state index contributed by atoms with van der Waals surface area (Å²) in [7, 11) is 0. The van der Waals surface area contributed by atoms with E-state index in [1.165, 1.54) is 0 Å². The number of likely N-dealkylation sites (N-methyl/N-ethyl adjacent to an activating group) is 1. The maximum absolute atomic E-state index is 10.9. The van der Waals surface area contributed by atoms with Crippen LogP contribution in [0.1, 0.15) is 13.8 Å². The summed E-state index contributed by atoms with van der Waals surface area (Å²) in [6.07, 6.45) is 0. The van der Waals surface area contributed by atoms with Gasteiger partial charge in [-0.25, -0.2) is 0 Å². The number of carbonyl (C=O) groups is 1. The van der Waals surface area contributed by atoms with Crippen molar-refractivity contribution in [2.24, 2.45) is 0 Å². The molecule has 2 aromatic carbocycles. The molecule has 1 N–H and O–H groups in total. The second-order valence-corrected chi connectivity index (χ2v) is 7.17. The van der Waals surface area contributed by atoms with Crippen molar-refractivity contribution in [2.45, 2.75) is 29.7 Å². The van der Waals surface area contributed by atoms with E-state index in [1.54, 1.807) is 11.8 Å². The monoisotopic (exact) mass is 379 g/mol. The number of aliphatic carboxylic acids is 1. The zero-order chi connectivity index (χ0) is 18.2. The number of halogens is 1. The van der Waals surface area contributed by atoms with E-state index >= 15 is 0 Å². The highest BCUT2D eigenvalue weighted by Gasteiger charge is 2.16. The molecule has 2 aromatic rings. The Labute approximate surface area is 157 Å². The number of ether oxygens (including phenoxy) is 1. The highest BCUT2D eigenvalue weighted by molar-refractivity contribution is 7.99. The van der Waals surface area contributed by atoms with Crippen molar-refractivity contribution in [2.75, 3.05) is 19.7 Å². The van der Waals surface area contributed by atoms with Crippen LogP contribution >= 0.6 is 23.4 Å². The lowest BCUT2D eigenvalue weighted by molar-refractivity contribution is -0.138. The van der Waals surface area contributed by atoms with E-state index in [4.69, 9.17) is 21.4 Å². The predicted octanol–water partition coefficient (Wildman–Crippen LogP) is 4.67. The average molecular weight is 380 g/mol. The molecule has 0 aliphatic carbocycles. The zero-order valence-electron chi connectivity index (χ0n) is 14.3. The molecule has 0 heterocycles. The van der Waals surface area contributed by atoms with Gasteiger partial charge in [0, 0.05) is 16.0 Å². The minimum atomic E-state index is -0.828. The van der Waals surface area contributed by atoms with Crippen LogP contribution in [-0.2, 0) is 4.79 Å². The Morgan fingerprint density at radius 3 is 2.72 bits per heavy atom. The van der Waals surface area contributed by atoms with Gasteiger partial charge in [-0.1, -0.05) is 48.5 Å². The van der Waals surface area contributed by atoms with Crippen LogP contribution in [-0.4, -0.2) is 41.7 Å². The molecule has 0 saturated carbocycles. The van der Waals surface area contributed by atoms with Gasteiger partial charge in [-0.15, -0.1) is 0 Å². The van der Waals surface area contributed by atoms with Gasteiger partial charge >= 0.3 is 5.97 Å². The molecule has 0 fully saturated rings. The van der Waals surface area contributed by atoms with E-state index in [1.807, 2.05) is 67.3 Å². The SMILES string of the molecule is CCN(CC(=O)O)[C@@H](C)COc1ccccc1Sc1cccc(Cl)c1. The highest BCUT2D eigenvalue weighted by atomic mass is 35.5. The third-order valence-electron chi connectivity index (χ3n) is 3.72. The summed E-state index contributed by atoms with van der Waals surface area (Å²) < 4.78 is 5.98. The highest BCUT2D eigenvalue weighted by Crippen LogP contribution is 2.35. The van der Waals surface area contributed by atoms with Crippen LogP contribution < -0.4 is 4.74 Å². The first-order valence-corrected chi connectivity index (χ1v) is 9.30. The lowest BCUT2D eigenvalue weighted by Crippen LogP contribution is -2.40. The molecule has 0 aromatic heterocycles. The first-order valence-electron chi connectivity index (χ1n) is 8.10. The number of carboxylic acid groups (broad SMARTS) is 1. The summed E-state index contributed by atoms with van der Waals surface area (Å²) in [5, 5.41) is 9.68. The molecule has 4 nitrogen and oxygen atoms in total. The Morgan fingerprint density at radius 2 is 2.04 bits per heavy atom. The molecule has 25 heavy (non-hydrogen) atoms. The fraction of sp³-hybridized carbons (Fsp3) is 0.316. The summed E-state index contributed by atoms with van der Waals surface area (Å²) in [4.78, 5) is 14.8. The van der Waals surface area contributed by atoms with Crippen molar-refractivity contribution in [1.29, 1.82) is 0 Å². The lowest BCUT2D eigenvalue weighted by atomic mass is 10.3. The van der Waals surface area contributed by atoms with E-state index in [0.717, 1.165) is 15.5 Å². The third kappa shape index (κ3) is 6.27. The Hall–Kier alpha value is -1.69. The molecule has 0 radical (unpaired) electrons. The van der Waals surface area contributed by atoms with Crippen LogP contribution in [0.4, 0.5) is 0 Å². The maximum Gasteiger partial charge on any atom is 0.317 e. The zero-order valence-corrected chi connectivity index (χ0v) is 15.9. The summed E-state index contributed by atoms with van der Waals surface area (Å²) in [5.41, 5.74) is 0. The summed E-state index contributed by atoms with van der Waals surface area (Å²) in [5.74, 6) is -0.0451. The molecule has 0 aliphatic heterocycles. The van der Waals surface area contributed by atoms with Gasteiger partial charge in [0.2, 0.25) is 0 Å². The Balaban J connectivity index is 2.04. The van der Waals surface area contributed by atoms with Crippen LogP contribution in [0.3, 0.4) is 0 Å². The summed E-state index contributed by atoms with van der Waals surface area (Å²) in [6.45, 7) is 5.02. The van der Waals surface area contributed by atoms with Gasteiger partial charge < -0.3 is 9.84 Å². The fourth-order valence-electron chi connectivity index (χ4n) is 2.38. The van der Waals surface area contributed by atoms with Crippen LogP contribution in [0.25, 0.3) is 0 Å². The van der Waals surface area contributed by atoms with Crippen LogP contribution in [0.2, 0.25) is 5.02 Å². The van der Waals surface area contributed by atoms with Gasteiger partial charge in [0.15, 0.2) is 0 Å². The standard InChI is InChI=1S/C19H22ClNO3S/c1-3-21(12-19(22)23)14(2)13-24-17-9-4-5-10-18(17)25-16-8-6-7-15(20)11-16/h4-11,14H,3,12-13H2,1-2H3,(H,22,23)/t14-/m0/s1. The van der Waals surface area contributed by atoms with Gasteiger partial charge in [0.1, 0.15) is 12.4 Å². The molecule has 0 unspecified atom stereocenters. The minimum Gasteiger partial charge on any atom is -0.491 e. The van der Waals surface area contributed by atoms with Crippen molar-refractivity contribution < 1.29 is 14.6 Å². The van der Waals surface area contributed by atoms with Crippen molar-refractivity contribution in [3.63, 3.8) is 0 Å². The number of para-hydroxylation sites is 1. The number of rotatable bonds is 9. The summed E-state index contributed by atoms with van der Waals surface area (Å²) >= 11 is 7.64. The molecular formula is C19H22ClNO3S. The van der Waals surface area contributed by atoms with Crippen LogP contribution in [0.5, 0.6) is 5.75 Å². The third-order valence-corrected chi connectivity index (χ3v) is 5.00. The minimum absolute atomic E-state index is 0.00493. The number of benzene rings is 2. The number of nitrogens with zero attached hydrogens (tertiary/aromatic N) is 1. The quantitative estimate of drug-likeness (QED) is 0.686. The predicted molar refractivity (Wildman–Crippen MR) is 102 cm³/mol. The van der Waals surface area contributed by atoms with Gasteiger partial charge in [0.05, 0.1) is 11.4 Å². The van der Waals surface area contributed by atoms with E-state index in [2.05, 4.69) is 0 Å². The van der Waals surface area contributed by atoms with Crippen molar-refractivity contribution in [3.05, 3.63) is 53.6 Å². The summed E-state index contributed by atoms with van der Waals surface area (Å²) in [6, 6.07) is 15.5. The first kappa shape index (κ1) is 19.6. The Kier molecular flexibility index (Phi) is 7.62. The van der Waals surface area contributed by atoms with Gasteiger partial charge in [-0.2, -0.15) is 0 Å². The largest absolute Gasteiger partial charge is 0.491 e. The molecular weight excluding hydrogens is 358 g/mol. The topological polar surface area (TPSA) is 49.8 Å². The molecule has 0 spiro atoms. The van der Waals surface area contributed by atoms with Gasteiger partial charge in [0.25, 0.3) is 0 Å². The molecule has 6 heteroatoms. The molecule has 0 bridgehead atoms. The second kappa shape index (κ2) is 9.70. The van der Waals surface area contributed by atoms with Crippen molar-refractivity contribution in [3.8, 4) is 5.75 Å². The van der Waals surface area contributed by atoms with Crippen LogP contribution in [0, 0.1) is 0 Å². The normalized spacial score (nSPS) is 12.2. The van der Waals surface area contributed by atoms with Crippen molar-refractivity contribution in [1.82, 2.24) is 4.90 Å². The van der Waals surface area contributed by atoms with Gasteiger partial charge in [-0.3, -0.25) is 9.69 Å². The fourth-order valence-corrected chi connectivity index (χ4v) is 3.60. The number of hydrogen-bond acceptors (Lipinski definition) is 4. The molecule has 0 aliphatic rings. The van der Waals surface area contributed by atoms with E-state index in [-0.39, 0.29) is 12.6 Å². The second-order valence-electron chi connectivity index (χ2n) is 5.62.